The molecule has 9 heteroatoms. The van der Waals surface area contributed by atoms with Crippen molar-refractivity contribution in [2.75, 3.05) is 37.6 Å². The molecule has 0 spiro atoms. The molecule has 1 amide bonds. The van der Waals surface area contributed by atoms with Gasteiger partial charge in [-0.05, 0) is 47.9 Å². The van der Waals surface area contributed by atoms with Crippen LogP contribution in [-0.2, 0) is 26.0 Å². The summed E-state index contributed by atoms with van der Waals surface area (Å²) in [5, 5.41) is 10.4. The number of carbonyl (C=O) groups excluding carboxylic acids is 1. The molecular weight excluding hydrogens is 516 g/mol. The molecule has 0 aromatic heterocycles. The summed E-state index contributed by atoms with van der Waals surface area (Å²) in [5.41, 5.74) is 2.14. The third-order valence-electron chi connectivity index (χ3n) is 6.32. The predicted molar refractivity (Wildman–Crippen MR) is 151 cm³/mol. The Bertz CT molecular complexity index is 1350. The fourth-order valence-electron chi connectivity index (χ4n) is 4.19. The zero-order chi connectivity index (χ0) is 27.5. The van der Waals surface area contributed by atoms with Gasteiger partial charge >= 0.3 is 0 Å². The van der Waals surface area contributed by atoms with Crippen molar-refractivity contribution in [3.8, 4) is 5.75 Å². The lowest BCUT2D eigenvalue weighted by molar-refractivity contribution is -0.135. The van der Waals surface area contributed by atoms with Gasteiger partial charge in [-0.25, -0.2) is 8.42 Å². The Hall–Kier alpha value is -3.66. The van der Waals surface area contributed by atoms with Crippen molar-refractivity contribution in [2.24, 2.45) is 0 Å². The van der Waals surface area contributed by atoms with E-state index in [9.17, 15) is 18.3 Å². The number of morpholine rings is 1. The largest absolute Gasteiger partial charge is 0.493 e. The summed E-state index contributed by atoms with van der Waals surface area (Å²) in [6.45, 7) is 2.74. The van der Waals surface area contributed by atoms with Gasteiger partial charge in [0.2, 0.25) is 5.91 Å². The van der Waals surface area contributed by atoms with Gasteiger partial charge in [-0.1, -0.05) is 60.7 Å². The smallest absolute Gasteiger partial charge is 0.261 e. The number of sulfonamides is 1. The average Bonchev–Trinajstić information content (AvgIpc) is 2.96. The van der Waals surface area contributed by atoms with Gasteiger partial charge in [0.15, 0.2) is 0 Å². The standard InChI is InChI=1S/C30H34N2O6S/c33-27(15-13-24-7-6-9-26(23-24)31-39(35,36)28-10-2-1-3-11-28)17-20-38-29-12-5-4-8-25(29)14-16-30(34)32-18-21-37-22-19-32/h1-13,15,23,27,31,33H,14,16-22H2/b15-13+. The second-order valence-electron chi connectivity index (χ2n) is 9.21. The van der Waals surface area contributed by atoms with Crippen LogP contribution in [0.4, 0.5) is 5.69 Å². The van der Waals surface area contributed by atoms with Crippen molar-refractivity contribution in [1.29, 1.82) is 0 Å². The minimum absolute atomic E-state index is 0.116. The van der Waals surface area contributed by atoms with Crippen molar-refractivity contribution >= 4 is 27.7 Å². The van der Waals surface area contributed by atoms with Crippen LogP contribution in [0.15, 0.2) is 89.8 Å². The van der Waals surface area contributed by atoms with Gasteiger partial charge < -0.3 is 19.5 Å². The fourth-order valence-corrected chi connectivity index (χ4v) is 5.26. The molecule has 0 bridgehead atoms. The molecule has 1 heterocycles. The van der Waals surface area contributed by atoms with E-state index in [0.29, 0.717) is 63.6 Å². The Kier molecular flexibility index (Phi) is 10.1. The van der Waals surface area contributed by atoms with E-state index in [2.05, 4.69) is 4.72 Å². The molecule has 1 atom stereocenters. The number of nitrogens with one attached hydrogen (secondary N) is 1. The van der Waals surface area contributed by atoms with Crippen LogP contribution in [0.2, 0.25) is 0 Å². The Morgan fingerprint density at radius 3 is 2.56 bits per heavy atom. The highest BCUT2D eigenvalue weighted by Crippen LogP contribution is 2.21. The highest BCUT2D eigenvalue weighted by Gasteiger charge is 2.17. The lowest BCUT2D eigenvalue weighted by Gasteiger charge is -2.27. The summed E-state index contributed by atoms with van der Waals surface area (Å²) in [5.74, 6) is 0.826. The zero-order valence-corrected chi connectivity index (χ0v) is 22.6. The summed E-state index contributed by atoms with van der Waals surface area (Å²) in [4.78, 5) is 14.5. The normalized spacial score (nSPS) is 14.7. The van der Waals surface area contributed by atoms with Gasteiger partial charge in [0, 0.05) is 31.6 Å². The van der Waals surface area contributed by atoms with E-state index in [0.717, 1.165) is 11.1 Å². The number of hydrogen-bond acceptors (Lipinski definition) is 6. The topological polar surface area (TPSA) is 105 Å². The quantitative estimate of drug-likeness (QED) is 0.352. The van der Waals surface area contributed by atoms with Crippen LogP contribution < -0.4 is 9.46 Å². The monoisotopic (exact) mass is 550 g/mol. The van der Waals surface area contributed by atoms with E-state index in [1.165, 1.54) is 12.1 Å². The molecule has 1 unspecified atom stereocenters. The Morgan fingerprint density at radius 2 is 1.77 bits per heavy atom. The van der Waals surface area contributed by atoms with Crippen LogP contribution in [-0.4, -0.2) is 63.3 Å². The third kappa shape index (κ3) is 8.68. The number of ether oxygens (including phenoxy) is 2. The van der Waals surface area contributed by atoms with Crippen molar-refractivity contribution in [3.05, 3.63) is 96.1 Å². The van der Waals surface area contributed by atoms with Crippen molar-refractivity contribution < 1.29 is 27.8 Å². The van der Waals surface area contributed by atoms with E-state index < -0.39 is 16.1 Å². The van der Waals surface area contributed by atoms with Gasteiger partial charge in [-0.2, -0.15) is 0 Å². The zero-order valence-electron chi connectivity index (χ0n) is 21.7. The van der Waals surface area contributed by atoms with Gasteiger partial charge in [0.1, 0.15) is 5.75 Å². The molecule has 1 aliphatic rings. The number of aryl methyl sites for hydroxylation is 1. The van der Waals surface area contributed by atoms with Crippen molar-refractivity contribution in [3.63, 3.8) is 0 Å². The van der Waals surface area contributed by atoms with E-state index in [-0.39, 0.29) is 10.8 Å². The SMILES string of the molecule is O=C(CCc1ccccc1OCCC(O)/C=C/c1cccc(NS(=O)(=O)c2ccccc2)c1)N1CCOCC1. The molecule has 4 rings (SSSR count). The second-order valence-corrected chi connectivity index (χ2v) is 10.9. The third-order valence-corrected chi connectivity index (χ3v) is 7.72. The lowest BCUT2D eigenvalue weighted by Crippen LogP contribution is -2.40. The van der Waals surface area contributed by atoms with Crippen LogP contribution in [0.25, 0.3) is 6.08 Å². The number of amides is 1. The summed E-state index contributed by atoms with van der Waals surface area (Å²) in [6, 6.07) is 22.8. The molecule has 206 valence electrons. The molecule has 1 aliphatic heterocycles. The molecule has 3 aromatic carbocycles. The number of nitrogens with zero attached hydrogens (tertiary/aromatic N) is 1. The van der Waals surface area contributed by atoms with Crippen molar-refractivity contribution in [1.82, 2.24) is 4.90 Å². The maximum atomic E-state index is 12.6. The Morgan fingerprint density at radius 1 is 1.03 bits per heavy atom. The summed E-state index contributed by atoms with van der Waals surface area (Å²) in [6.07, 6.45) is 4.02. The van der Waals surface area contributed by atoms with Crippen LogP contribution in [0, 0.1) is 0 Å². The van der Waals surface area contributed by atoms with E-state index in [4.69, 9.17) is 9.47 Å². The highest BCUT2D eigenvalue weighted by molar-refractivity contribution is 7.92. The molecule has 1 fully saturated rings. The predicted octanol–water partition coefficient (Wildman–Crippen LogP) is 4.12. The maximum absolute atomic E-state index is 12.6. The minimum Gasteiger partial charge on any atom is -0.493 e. The number of para-hydroxylation sites is 1. The number of rotatable bonds is 12. The molecular formula is C30H34N2O6S. The van der Waals surface area contributed by atoms with Gasteiger partial charge in [-0.3, -0.25) is 9.52 Å². The molecule has 39 heavy (non-hydrogen) atoms. The lowest BCUT2D eigenvalue weighted by atomic mass is 10.1. The van der Waals surface area contributed by atoms with Crippen LogP contribution in [0.1, 0.15) is 24.0 Å². The van der Waals surface area contributed by atoms with Gasteiger partial charge in [0.25, 0.3) is 10.0 Å². The number of anilines is 1. The van der Waals surface area contributed by atoms with Crippen LogP contribution >= 0.6 is 0 Å². The molecule has 0 radical (unpaired) electrons. The molecule has 1 saturated heterocycles. The molecule has 8 nitrogen and oxygen atoms in total. The van der Waals surface area contributed by atoms with Gasteiger partial charge in [0.05, 0.1) is 30.8 Å². The molecule has 2 N–H and O–H groups in total. The summed E-state index contributed by atoms with van der Waals surface area (Å²) in [7, 11) is -3.68. The van der Waals surface area contributed by atoms with Crippen LogP contribution in [0.5, 0.6) is 5.75 Å². The highest BCUT2D eigenvalue weighted by atomic mass is 32.2. The van der Waals surface area contributed by atoms with Crippen molar-refractivity contribution in [2.45, 2.75) is 30.3 Å². The van der Waals surface area contributed by atoms with Crippen LogP contribution in [0.3, 0.4) is 0 Å². The first-order valence-corrected chi connectivity index (χ1v) is 14.5. The Labute approximate surface area is 229 Å². The van der Waals surface area contributed by atoms with E-state index in [1.54, 1.807) is 48.6 Å². The first kappa shape index (κ1) is 28.4. The second kappa shape index (κ2) is 13.9. The number of aliphatic hydroxyl groups excluding tert-OH is 1. The molecule has 0 saturated carbocycles. The first-order valence-electron chi connectivity index (χ1n) is 13.0. The average molecular weight is 551 g/mol. The first-order chi connectivity index (χ1) is 18.9. The minimum atomic E-state index is -3.68. The maximum Gasteiger partial charge on any atom is 0.261 e. The number of benzene rings is 3. The van der Waals surface area contributed by atoms with E-state index in [1.807, 2.05) is 35.2 Å². The molecule has 0 aliphatic carbocycles. The van der Waals surface area contributed by atoms with E-state index >= 15 is 0 Å². The number of hydrogen-bond donors (Lipinski definition) is 2. The number of aliphatic hydroxyl groups is 1. The summed E-state index contributed by atoms with van der Waals surface area (Å²) < 4.78 is 39.0. The summed E-state index contributed by atoms with van der Waals surface area (Å²) >= 11 is 0. The number of carbonyl (C=O) groups is 1. The molecule has 3 aromatic rings. The fraction of sp³-hybridized carbons (Fsp3) is 0.300. The van der Waals surface area contributed by atoms with Gasteiger partial charge in [-0.15, -0.1) is 0 Å². The Balaban J connectivity index is 1.26.